The molecule has 4 heterocycles. The van der Waals surface area contributed by atoms with Gasteiger partial charge in [0.05, 0.1) is 18.3 Å². The number of anilines is 2. The number of rotatable bonds is 4. The molecule has 0 saturated carbocycles. The van der Waals surface area contributed by atoms with Crippen LogP contribution < -0.4 is 10.2 Å². The standard InChI is InChI=1S/C18H21N7O/c1-12-9-13(2)25-18(20-12)22-15(23-25)10-17(26)21-14-5-6-16(19-11-14)24-7-3-4-8-24/h5-6,9,11H,3-4,7-8,10H2,1-2H3,(H,21,26). The van der Waals surface area contributed by atoms with Gasteiger partial charge < -0.3 is 10.2 Å². The smallest absolute Gasteiger partial charge is 0.252 e. The van der Waals surface area contributed by atoms with Crippen molar-refractivity contribution in [2.45, 2.75) is 33.1 Å². The number of fused-ring (bicyclic) bond motifs is 1. The third kappa shape index (κ3) is 3.35. The van der Waals surface area contributed by atoms with Gasteiger partial charge in [-0.05, 0) is 44.9 Å². The van der Waals surface area contributed by atoms with Gasteiger partial charge in [-0.3, -0.25) is 4.79 Å². The minimum absolute atomic E-state index is 0.0930. The minimum atomic E-state index is -0.175. The van der Waals surface area contributed by atoms with E-state index >= 15 is 0 Å². The van der Waals surface area contributed by atoms with Gasteiger partial charge in [0.25, 0.3) is 5.78 Å². The summed E-state index contributed by atoms with van der Waals surface area (Å²) < 4.78 is 1.65. The molecule has 0 unspecified atom stereocenters. The van der Waals surface area contributed by atoms with Crippen molar-refractivity contribution in [3.63, 3.8) is 0 Å². The summed E-state index contributed by atoms with van der Waals surface area (Å²) in [5.41, 5.74) is 2.49. The van der Waals surface area contributed by atoms with Gasteiger partial charge in [0.2, 0.25) is 5.91 Å². The topological polar surface area (TPSA) is 88.3 Å². The predicted molar refractivity (Wildman–Crippen MR) is 98.3 cm³/mol. The van der Waals surface area contributed by atoms with Crippen LogP contribution in [0.4, 0.5) is 11.5 Å². The number of amides is 1. The molecule has 1 amide bonds. The van der Waals surface area contributed by atoms with Crippen LogP contribution in [0.1, 0.15) is 30.1 Å². The van der Waals surface area contributed by atoms with Crippen LogP contribution in [0.3, 0.4) is 0 Å². The highest BCUT2D eigenvalue weighted by Gasteiger charge is 2.14. The Bertz CT molecular complexity index is 942. The van der Waals surface area contributed by atoms with Gasteiger partial charge >= 0.3 is 0 Å². The first-order valence-corrected chi connectivity index (χ1v) is 8.79. The van der Waals surface area contributed by atoms with E-state index in [0.29, 0.717) is 17.3 Å². The molecule has 1 fully saturated rings. The minimum Gasteiger partial charge on any atom is -0.357 e. The van der Waals surface area contributed by atoms with E-state index in [-0.39, 0.29) is 12.3 Å². The Hall–Kier alpha value is -3.03. The zero-order valence-corrected chi connectivity index (χ0v) is 14.9. The summed E-state index contributed by atoms with van der Waals surface area (Å²) in [5.74, 6) is 1.75. The number of hydrogen-bond acceptors (Lipinski definition) is 6. The van der Waals surface area contributed by atoms with Crippen LogP contribution in [0, 0.1) is 13.8 Å². The number of hydrogen-bond donors (Lipinski definition) is 1. The molecule has 26 heavy (non-hydrogen) atoms. The van der Waals surface area contributed by atoms with Crippen LogP contribution in [0.15, 0.2) is 24.4 Å². The normalized spacial score (nSPS) is 14.2. The predicted octanol–water partition coefficient (Wildman–Crippen LogP) is 1.92. The summed E-state index contributed by atoms with van der Waals surface area (Å²) in [6, 6.07) is 5.75. The maximum atomic E-state index is 12.3. The number of nitrogens with zero attached hydrogens (tertiary/aromatic N) is 6. The molecule has 0 bridgehead atoms. The van der Waals surface area contributed by atoms with Crippen molar-refractivity contribution in [2.75, 3.05) is 23.3 Å². The van der Waals surface area contributed by atoms with E-state index in [1.165, 1.54) is 12.8 Å². The number of carbonyl (C=O) groups is 1. The van der Waals surface area contributed by atoms with Gasteiger partial charge in [0.1, 0.15) is 5.82 Å². The van der Waals surface area contributed by atoms with Gasteiger partial charge in [-0.2, -0.15) is 4.98 Å². The number of nitrogens with one attached hydrogen (secondary N) is 1. The molecule has 3 aromatic rings. The molecular formula is C18H21N7O. The van der Waals surface area contributed by atoms with Crippen LogP contribution in [-0.4, -0.2) is 43.6 Å². The Morgan fingerprint density at radius 1 is 1.19 bits per heavy atom. The first kappa shape index (κ1) is 16.4. The van der Waals surface area contributed by atoms with Crippen LogP contribution in [-0.2, 0) is 11.2 Å². The van der Waals surface area contributed by atoms with Crippen molar-refractivity contribution >= 4 is 23.2 Å². The van der Waals surface area contributed by atoms with Gasteiger partial charge in [0, 0.05) is 24.5 Å². The summed E-state index contributed by atoms with van der Waals surface area (Å²) >= 11 is 0. The first-order chi connectivity index (χ1) is 12.6. The van der Waals surface area contributed by atoms with Crippen molar-refractivity contribution in [3.05, 3.63) is 41.6 Å². The van der Waals surface area contributed by atoms with E-state index in [1.807, 2.05) is 32.0 Å². The largest absolute Gasteiger partial charge is 0.357 e. The van der Waals surface area contributed by atoms with Gasteiger partial charge in [-0.25, -0.2) is 14.5 Å². The lowest BCUT2D eigenvalue weighted by atomic mass is 10.3. The fourth-order valence-corrected chi connectivity index (χ4v) is 3.22. The highest BCUT2D eigenvalue weighted by Crippen LogP contribution is 2.19. The van der Waals surface area contributed by atoms with E-state index in [9.17, 15) is 4.79 Å². The first-order valence-electron chi connectivity index (χ1n) is 8.79. The lowest BCUT2D eigenvalue weighted by molar-refractivity contribution is -0.115. The highest BCUT2D eigenvalue weighted by molar-refractivity contribution is 5.91. The quantitative estimate of drug-likeness (QED) is 0.772. The molecule has 0 radical (unpaired) electrons. The van der Waals surface area contributed by atoms with Crippen molar-refractivity contribution in [1.29, 1.82) is 0 Å². The zero-order chi connectivity index (χ0) is 18.1. The van der Waals surface area contributed by atoms with Gasteiger partial charge in [0.15, 0.2) is 5.82 Å². The molecule has 0 spiro atoms. The molecule has 1 aliphatic rings. The second-order valence-electron chi connectivity index (χ2n) is 6.60. The third-order valence-corrected chi connectivity index (χ3v) is 4.44. The third-order valence-electron chi connectivity index (χ3n) is 4.44. The fourth-order valence-electron chi connectivity index (χ4n) is 3.22. The Morgan fingerprint density at radius 2 is 2.00 bits per heavy atom. The molecule has 3 aromatic heterocycles. The fraction of sp³-hybridized carbons (Fsp3) is 0.389. The highest BCUT2D eigenvalue weighted by atomic mass is 16.1. The van der Waals surface area contributed by atoms with E-state index in [4.69, 9.17) is 0 Å². The molecule has 4 rings (SSSR count). The average Bonchev–Trinajstić information content (AvgIpc) is 3.25. The molecule has 8 heteroatoms. The molecule has 0 aromatic carbocycles. The van der Waals surface area contributed by atoms with E-state index in [2.05, 4.69) is 30.3 Å². The molecule has 1 saturated heterocycles. The second-order valence-corrected chi connectivity index (χ2v) is 6.60. The Balaban J connectivity index is 1.43. The summed E-state index contributed by atoms with van der Waals surface area (Å²) in [7, 11) is 0. The van der Waals surface area contributed by atoms with Crippen molar-refractivity contribution in [2.24, 2.45) is 0 Å². The van der Waals surface area contributed by atoms with Crippen LogP contribution in [0.5, 0.6) is 0 Å². The van der Waals surface area contributed by atoms with Crippen molar-refractivity contribution in [1.82, 2.24) is 24.6 Å². The van der Waals surface area contributed by atoms with Crippen LogP contribution >= 0.6 is 0 Å². The van der Waals surface area contributed by atoms with Crippen LogP contribution in [0.25, 0.3) is 5.78 Å². The summed E-state index contributed by atoms with van der Waals surface area (Å²) in [6.45, 7) is 5.94. The molecule has 8 nitrogen and oxygen atoms in total. The Kier molecular flexibility index (Phi) is 4.24. The molecule has 0 aliphatic carbocycles. The SMILES string of the molecule is Cc1cc(C)n2nc(CC(=O)Nc3ccc(N4CCCC4)nc3)nc2n1. The lowest BCUT2D eigenvalue weighted by Gasteiger charge is -2.16. The van der Waals surface area contributed by atoms with E-state index < -0.39 is 0 Å². The van der Waals surface area contributed by atoms with Crippen molar-refractivity contribution in [3.8, 4) is 0 Å². The Morgan fingerprint density at radius 3 is 2.73 bits per heavy atom. The zero-order valence-electron chi connectivity index (χ0n) is 14.9. The van der Waals surface area contributed by atoms with E-state index in [1.54, 1.807) is 10.7 Å². The maximum Gasteiger partial charge on any atom is 0.252 e. The number of carbonyl (C=O) groups excluding carboxylic acids is 1. The van der Waals surface area contributed by atoms with E-state index in [0.717, 1.165) is 30.3 Å². The molecule has 1 aliphatic heterocycles. The number of aryl methyl sites for hydroxylation is 2. The molecular weight excluding hydrogens is 330 g/mol. The maximum absolute atomic E-state index is 12.3. The monoisotopic (exact) mass is 351 g/mol. The van der Waals surface area contributed by atoms with Gasteiger partial charge in [-0.1, -0.05) is 0 Å². The van der Waals surface area contributed by atoms with Crippen molar-refractivity contribution < 1.29 is 4.79 Å². The lowest BCUT2D eigenvalue weighted by Crippen LogP contribution is -2.19. The van der Waals surface area contributed by atoms with Gasteiger partial charge in [-0.15, -0.1) is 5.10 Å². The molecule has 0 atom stereocenters. The number of pyridine rings is 1. The number of aromatic nitrogens is 5. The van der Waals surface area contributed by atoms with Crippen LogP contribution in [0.2, 0.25) is 0 Å². The molecule has 1 N–H and O–H groups in total. The Labute approximate surface area is 151 Å². The average molecular weight is 351 g/mol. The second kappa shape index (κ2) is 6.70. The summed E-state index contributed by atoms with van der Waals surface area (Å²) in [5, 5.41) is 7.21. The summed E-state index contributed by atoms with van der Waals surface area (Å²) in [4.78, 5) is 27.7. The summed E-state index contributed by atoms with van der Waals surface area (Å²) in [6.07, 6.45) is 4.20. The molecule has 134 valence electrons.